The molecule has 2 aliphatic heterocycles. The number of aromatic nitrogens is 1. The van der Waals surface area contributed by atoms with E-state index in [9.17, 15) is 0 Å². The molecule has 0 saturated carbocycles. The van der Waals surface area contributed by atoms with Crippen LogP contribution in [0.4, 0.5) is 0 Å². The number of hydrogen-bond acceptors (Lipinski definition) is 3. The molecule has 184 valence electrons. The van der Waals surface area contributed by atoms with E-state index in [-0.39, 0.29) is 0 Å². The number of rotatable bonds is 1. The summed E-state index contributed by atoms with van der Waals surface area (Å²) in [6.07, 6.45) is 0. The van der Waals surface area contributed by atoms with Gasteiger partial charge < -0.3 is 18.6 Å². The third-order valence-corrected chi connectivity index (χ3v) is 11.2. The molecule has 7 aromatic rings. The molecule has 1 atom stereocenters. The normalized spacial score (nSPS) is 16.8. The zero-order valence-electron chi connectivity index (χ0n) is 20.7. The average Bonchev–Trinajstić information content (AvgIpc) is 3.31. The van der Waals surface area contributed by atoms with Crippen molar-refractivity contribution in [1.29, 1.82) is 0 Å². The molecular weight excluding hydrogens is 501 g/mol. The topological polar surface area (TPSA) is 40.5 Å². The highest BCUT2D eigenvalue weighted by Crippen LogP contribution is 2.59. The summed E-state index contributed by atoms with van der Waals surface area (Å²) in [6, 6.07) is 40.6. The average molecular weight is 522 g/mol. The van der Waals surface area contributed by atoms with Crippen molar-refractivity contribution in [3.63, 3.8) is 0 Å². The summed E-state index contributed by atoms with van der Waals surface area (Å²) in [5.41, 5.74) is 3.08. The lowest BCUT2D eigenvalue weighted by molar-refractivity contribution is 0.462. The van der Waals surface area contributed by atoms with Gasteiger partial charge in [-0.15, -0.1) is 0 Å². The number of benzene rings is 6. The van der Waals surface area contributed by atoms with Crippen molar-refractivity contribution in [3.05, 3.63) is 121 Å². The molecule has 0 aliphatic carbocycles. The minimum atomic E-state index is -3.31. The number of fused-ring (bicyclic) bond motifs is 9. The van der Waals surface area contributed by atoms with Crippen molar-refractivity contribution in [2.24, 2.45) is 0 Å². The summed E-state index contributed by atoms with van der Waals surface area (Å²) in [5.74, 6) is 2.40. The van der Waals surface area contributed by atoms with Crippen molar-refractivity contribution in [2.45, 2.75) is 0 Å². The predicted octanol–water partition coefficient (Wildman–Crippen LogP) is 7.79. The fraction of sp³-hybridized carbons (Fsp3) is 0. The first-order valence-electron chi connectivity index (χ1n) is 13.0. The second-order valence-electron chi connectivity index (χ2n) is 10.1. The maximum absolute atomic E-state index is 15.6. The summed E-state index contributed by atoms with van der Waals surface area (Å²) in [4.78, 5) is 0. The van der Waals surface area contributed by atoms with Crippen molar-refractivity contribution in [3.8, 4) is 28.7 Å². The zero-order chi connectivity index (χ0) is 25.7. The molecule has 9 rings (SSSR count). The molecule has 0 bridgehead atoms. The van der Waals surface area contributed by atoms with Crippen molar-refractivity contribution in [1.82, 2.24) is 4.57 Å². The molecule has 0 radical (unpaired) electrons. The maximum Gasteiger partial charge on any atom is 0.186 e. The molecule has 5 heteroatoms. The molecule has 3 heterocycles. The molecule has 0 spiro atoms. The highest BCUT2D eigenvalue weighted by molar-refractivity contribution is 7.86. The SMILES string of the molecule is O=P12c3ccccc3Oc3cc(-n4c5ccccc5c5ccccc54)cc(c31)Oc1ccc3ccccc3c12. The lowest BCUT2D eigenvalue weighted by Crippen LogP contribution is -2.35. The van der Waals surface area contributed by atoms with E-state index in [1.807, 2.05) is 66.7 Å². The van der Waals surface area contributed by atoms with Crippen LogP contribution in [0, 0.1) is 0 Å². The zero-order valence-corrected chi connectivity index (χ0v) is 21.6. The van der Waals surface area contributed by atoms with Crippen LogP contribution in [-0.4, -0.2) is 4.57 Å². The van der Waals surface area contributed by atoms with E-state index >= 15 is 4.57 Å². The first kappa shape index (κ1) is 21.2. The largest absolute Gasteiger partial charge is 0.456 e. The Hall–Kier alpha value is -4.79. The minimum absolute atomic E-state index is 0.574. The highest BCUT2D eigenvalue weighted by atomic mass is 31.2. The van der Waals surface area contributed by atoms with Crippen LogP contribution in [0.2, 0.25) is 0 Å². The second-order valence-corrected chi connectivity index (χ2v) is 12.7. The quantitative estimate of drug-likeness (QED) is 0.207. The number of hydrogen-bond donors (Lipinski definition) is 0. The van der Waals surface area contributed by atoms with Crippen LogP contribution in [-0.2, 0) is 4.57 Å². The Bertz CT molecular complexity index is 2160. The third kappa shape index (κ3) is 2.66. The molecule has 0 fully saturated rings. The van der Waals surface area contributed by atoms with E-state index in [0.29, 0.717) is 33.6 Å². The van der Waals surface area contributed by atoms with Crippen LogP contribution in [0.3, 0.4) is 0 Å². The van der Waals surface area contributed by atoms with Gasteiger partial charge in [0.1, 0.15) is 28.3 Å². The van der Waals surface area contributed by atoms with Crippen molar-refractivity contribution < 1.29 is 14.0 Å². The number of para-hydroxylation sites is 3. The summed E-state index contributed by atoms with van der Waals surface area (Å²) in [7, 11) is -3.31. The monoisotopic (exact) mass is 521 g/mol. The summed E-state index contributed by atoms with van der Waals surface area (Å²) >= 11 is 0. The standard InChI is InChI=1S/C34H20NO3P/c36-39-32-16-8-7-15-28(32)37-30-19-22(35-26-13-5-3-11-24(26)25-12-4-6-14-27(25)35)20-31(34(30)39)38-29-18-17-21-9-1-2-10-23(21)33(29)39/h1-20H. The molecule has 6 aromatic carbocycles. The van der Waals surface area contributed by atoms with Gasteiger partial charge in [0.05, 0.1) is 27.3 Å². The van der Waals surface area contributed by atoms with E-state index < -0.39 is 7.14 Å². The fourth-order valence-corrected chi connectivity index (χ4v) is 9.65. The summed E-state index contributed by atoms with van der Waals surface area (Å²) in [6.45, 7) is 0. The van der Waals surface area contributed by atoms with Gasteiger partial charge in [-0.2, -0.15) is 0 Å². The Morgan fingerprint density at radius 3 is 1.85 bits per heavy atom. The van der Waals surface area contributed by atoms with Gasteiger partial charge >= 0.3 is 0 Å². The van der Waals surface area contributed by atoms with Gasteiger partial charge in [0, 0.05) is 22.9 Å². The van der Waals surface area contributed by atoms with Crippen molar-refractivity contribution in [2.75, 3.05) is 0 Å². The summed E-state index contributed by atoms with van der Waals surface area (Å²) < 4.78 is 31.0. The van der Waals surface area contributed by atoms with Crippen LogP contribution in [0.25, 0.3) is 38.3 Å². The molecule has 1 aromatic heterocycles. The molecule has 4 nitrogen and oxygen atoms in total. The molecule has 0 amide bonds. The van der Waals surface area contributed by atoms with Crippen LogP contribution < -0.4 is 25.4 Å². The van der Waals surface area contributed by atoms with Crippen LogP contribution in [0.5, 0.6) is 23.0 Å². The Morgan fingerprint density at radius 1 is 0.513 bits per heavy atom. The first-order chi connectivity index (χ1) is 19.2. The van der Waals surface area contributed by atoms with Crippen LogP contribution in [0.1, 0.15) is 0 Å². The first-order valence-corrected chi connectivity index (χ1v) is 14.7. The lowest BCUT2D eigenvalue weighted by atomic mass is 10.1. The maximum atomic E-state index is 15.6. The Kier molecular flexibility index (Phi) is 4.02. The molecule has 39 heavy (non-hydrogen) atoms. The van der Waals surface area contributed by atoms with Gasteiger partial charge in [-0.05, 0) is 41.1 Å². The molecular formula is C34H20NO3P. The number of ether oxygens (including phenoxy) is 2. The van der Waals surface area contributed by atoms with Gasteiger partial charge in [-0.1, -0.05) is 78.9 Å². The second kappa shape index (κ2) is 7.41. The Labute approximate surface area is 224 Å². The minimum Gasteiger partial charge on any atom is -0.456 e. The van der Waals surface area contributed by atoms with Crippen molar-refractivity contribution >= 4 is 55.6 Å². The fourth-order valence-electron chi connectivity index (χ4n) is 6.40. The van der Waals surface area contributed by atoms with Gasteiger partial charge in [-0.25, -0.2) is 0 Å². The highest BCUT2D eigenvalue weighted by Gasteiger charge is 2.47. The van der Waals surface area contributed by atoms with Gasteiger partial charge in [0.15, 0.2) is 7.14 Å². The summed E-state index contributed by atoms with van der Waals surface area (Å²) in [5, 5.41) is 6.42. The Balaban J connectivity index is 1.40. The van der Waals surface area contributed by atoms with Gasteiger partial charge in [0.2, 0.25) is 0 Å². The van der Waals surface area contributed by atoms with E-state index in [4.69, 9.17) is 9.47 Å². The van der Waals surface area contributed by atoms with E-state index in [1.165, 1.54) is 10.8 Å². The van der Waals surface area contributed by atoms with E-state index in [0.717, 1.165) is 32.8 Å². The Morgan fingerprint density at radius 2 is 1.10 bits per heavy atom. The van der Waals surface area contributed by atoms with E-state index in [1.54, 1.807) is 0 Å². The van der Waals surface area contributed by atoms with Gasteiger partial charge in [0.25, 0.3) is 0 Å². The molecule has 0 N–H and O–H groups in total. The van der Waals surface area contributed by atoms with Crippen LogP contribution >= 0.6 is 7.14 Å². The smallest absolute Gasteiger partial charge is 0.186 e. The molecule has 0 saturated heterocycles. The van der Waals surface area contributed by atoms with Gasteiger partial charge in [-0.3, -0.25) is 0 Å². The van der Waals surface area contributed by atoms with E-state index in [2.05, 4.69) is 59.2 Å². The molecule has 1 unspecified atom stereocenters. The molecule has 2 aliphatic rings. The van der Waals surface area contributed by atoms with Crippen LogP contribution in [0.15, 0.2) is 121 Å². The third-order valence-electron chi connectivity index (χ3n) is 8.00. The number of nitrogens with zero attached hydrogens (tertiary/aromatic N) is 1. The predicted molar refractivity (Wildman–Crippen MR) is 158 cm³/mol. The lowest BCUT2D eigenvalue weighted by Gasteiger charge is -2.35.